The van der Waals surface area contributed by atoms with E-state index in [9.17, 15) is 9.90 Å². The normalized spacial score (nSPS) is 20.5. The van der Waals surface area contributed by atoms with Crippen LogP contribution >= 0.6 is 23.2 Å². The van der Waals surface area contributed by atoms with E-state index in [1.807, 2.05) is 4.90 Å². The molecule has 1 amide bonds. The largest absolute Gasteiger partial charge is 0.399 e. The molecule has 2 unspecified atom stereocenters. The smallest absolute Gasteiger partial charge is 0.238 e. The number of benzene rings is 1. The number of anilines is 2. The molecule has 0 saturated carbocycles. The quantitative estimate of drug-likeness (QED) is 0.739. The van der Waals surface area contributed by atoms with Gasteiger partial charge in [-0.1, -0.05) is 23.2 Å². The maximum atomic E-state index is 12.1. The van der Waals surface area contributed by atoms with Crippen LogP contribution in [-0.4, -0.2) is 41.7 Å². The lowest BCUT2D eigenvalue weighted by Crippen LogP contribution is -2.32. The molecular weight excluding hydrogens is 313 g/mol. The molecule has 0 aromatic heterocycles. The molecule has 0 aliphatic carbocycles. The van der Waals surface area contributed by atoms with E-state index in [1.54, 1.807) is 19.1 Å². The minimum Gasteiger partial charge on any atom is -0.399 e. The molecule has 1 heterocycles. The second-order valence-corrected chi connectivity index (χ2v) is 6.25. The van der Waals surface area contributed by atoms with Crippen LogP contribution in [-0.2, 0) is 4.79 Å². The Morgan fingerprint density at radius 1 is 1.52 bits per heavy atom. The number of rotatable bonds is 4. The second kappa shape index (κ2) is 6.83. The van der Waals surface area contributed by atoms with E-state index >= 15 is 0 Å². The number of likely N-dealkylation sites (tertiary alicyclic amines) is 1. The first-order chi connectivity index (χ1) is 9.86. The van der Waals surface area contributed by atoms with Gasteiger partial charge in [-0.25, -0.2) is 0 Å². The van der Waals surface area contributed by atoms with E-state index in [2.05, 4.69) is 5.32 Å². The molecule has 1 fully saturated rings. The van der Waals surface area contributed by atoms with E-state index in [0.717, 1.165) is 13.0 Å². The number of nitrogen functional groups attached to an aromatic ring is 1. The minimum atomic E-state index is -0.348. The zero-order valence-corrected chi connectivity index (χ0v) is 13.3. The summed E-state index contributed by atoms with van der Waals surface area (Å²) in [5, 5.41) is 12.9. The van der Waals surface area contributed by atoms with Crippen LogP contribution in [0, 0.1) is 5.92 Å². The van der Waals surface area contributed by atoms with Gasteiger partial charge in [0.2, 0.25) is 5.91 Å². The molecule has 1 aromatic carbocycles. The maximum absolute atomic E-state index is 12.1. The molecule has 1 saturated heterocycles. The molecule has 0 bridgehead atoms. The predicted octanol–water partition coefficient (Wildman–Crippen LogP) is 2.22. The first-order valence-electron chi connectivity index (χ1n) is 6.81. The van der Waals surface area contributed by atoms with Gasteiger partial charge in [0.1, 0.15) is 0 Å². The third kappa shape index (κ3) is 4.23. The Balaban J connectivity index is 1.94. The SMILES string of the molecule is CC(O)C1CCN(CC(=O)Nc2c(Cl)cc(N)cc2Cl)C1. The highest BCUT2D eigenvalue weighted by Gasteiger charge is 2.27. The second-order valence-electron chi connectivity index (χ2n) is 5.43. The summed E-state index contributed by atoms with van der Waals surface area (Å²) in [6.07, 6.45) is 0.549. The van der Waals surface area contributed by atoms with Crippen LogP contribution in [0.2, 0.25) is 10.0 Å². The Bertz CT molecular complexity index is 514. The minimum absolute atomic E-state index is 0.185. The van der Waals surface area contributed by atoms with Crippen molar-refractivity contribution in [1.82, 2.24) is 4.90 Å². The van der Waals surface area contributed by atoms with Crippen molar-refractivity contribution in [2.24, 2.45) is 5.92 Å². The van der Waals surface area contributed by atoms with Gasteiger partial charge in [0.05, 0.1) is 28.4 Å². The average molecular weight is 332 g/mol. The molecular formula is C14H19Cl2N3O2. The van der Waals surface area contributed by atoms with Crippen LogP contribution in [0.25, 0.3) is 0 Å². The fourth-order valence-corrected chi connectivity index (χ4v) is 3.09. The van der Waals surface area contributed by atoms with Crippen molar-refractivity contribution in [2.45, 2.75) is 19.4 Å². The first kappa shape index (κ1) is 16.4. The van der Waals surface area contributed by atoms with Crippen LogP contribution in [0.15, 0.2) is 12.1 Å². The van der Waals surface area contributed by atoms with Gasteiger partial charge in [-0.05, 0) is 37.9 Å². The predicted molar refractivity (Wildman–Crippen MR) is 85.7 cm³/mol. The molecule has 0 radical (unpaired) electrons. The maximum Gasteiger partial charge on any atom is 0.238 e. The van der Waals surface area contributed by atoms with Crippen molar-refractivity contribution < 1.29 is 9.90 Å². The van der Waals surface area contributed by atoms with Gasteiger partial charge in [0.15, 0.2) is 0 Å². The Hall–Kier alpha value is -1.01. The number of carbonyl (C=O) groups is 1. The molecule has 1 aliphatic rings. The van der Waals surface area contributed by atoms with Gasteiger partial charge in [-0.15, -0.1) is 0 Å². The summed E-state index contributed by atoms with van der Waals surface area (Å²) in [6, 6.07) is 3.09. The number of aliphatic hydroxyl groups excluding tert-OH is 1. The molecule has 1 aromatic rings. The molecule has 2 atom stereocenters. The number of nitrogens with one attached hydrogen (secondary N) is 1. The average Bonchev–Trinajstić information content (AvgIpc) is 2.82. The zero-order chi connectivity index (χ0) is 15.6. The Kier molecular flexibility index (Phi) is 5.32. The van der Waals surface area contributed by atoms with Crippen LogP contribution in [0.1, 0.15) is 13.3 Å². The first-order valence-corrected chi connectivity index (χ1v) is 7.57. The summed E-state index contributed by atoms with van der Waals surface area (Å²) in [5.74, 6) is 0.0383. The third-order valence-corrected chi connectivity index (χ3v) is 4.28. The van der Waals surface area contributed by atoms with Crippen LogP contribution in [0.5, 0.6) is 0 Å². The Morgan fingerprint density at radius 2 is 2.14 bits per heavy atom. The number of aliphatic hydroxyl groups is 1. The van der Waals surface area contributed by atoms with E-state index in [4.69, 9.17) is 28.9 Å². The standard InChI is InChI=1S/C14H19Cl2N3O2/c1-8(20)9-2-3-19(6-9)7-13(21)18-14-11(15)4-10(17)5-12(14)16/h4-5,8-9,20H,2-3,6-7,17H2,1H3,(H,18,21). The van der Waals surface area contributed by atoms with Crippen molar-refractivity contribution >= 4 is 40.5 Å². The van der Waals surface area contributed by atoms with Crippen molar-refractivity contribution in [3.8, 4) is 0 Å². The third-order valence-electron chi connectivity index (χ3n) is 3.69. The fourth-order valence-electron chi connectivity index (χ4n) is 2.49. The highest BCUT2D eigenvalue weighted by Crippen LogP contribution is 2.32. The highest BCUT2D eigenvalue weighted by molar-refractivity contribution is 6.40. The van der Waals surface area contributed by atoms with Crippen LogP contribution < -0.4 is 11.1 Å². The van der Waals surface area contributed by atoms with Gasteiger partial charge in [0, 0.05) is 12.2 Å². The number of nitrogens with zero attached hydrogens (tertiary/aromatic N) is 1. The number of amides is 1. The summed E-state index contributed by atoms with van der Waals surface area (Å²) in [7, 11) is 0. The summed E-state index contributed by atoms with van der Waals surface area (Å²) >= 11 is 12.1. The van der Waals surface area contributed by atoms with Crippen molar-refractivity contribution in [3.05, 3.63) is 22.2 Å². The van der Waals surface area contributed by atoms with Gasteiger partial charge in [0.25, 0.3) is 0 Å². The monoisotopic (exact) mass is 331 g/mol. The molecule has 21 heavy (non-hydrogen) atoms. The summed E-state index contributed by atoms with van der Waals surface area (Å²) in [6.45, 7) is 3.54. The van der Waals surface area contributed by atoms with E-state index in [1.165, 1.54) is 0 Å². The van der Waals surface area contributed by atoms with Gasteiger partial charge in [-0.2, -0.15) is 0 Å². The lowest BCUT2D eigenvalue weighted by Gasteiger charge is -2.17. The summed E-state index contributed by atoms with van der Waals surface area (Å²) < 4.78 is 0. The van der Waals surface area contributed by atoms with Crippen molar-refractivity contribution in [2.75, 3.05) is 30.7 Å². The molecule has 0 spiro atoms. The number of halogens is 2. The van der Waals surface area contributed by atoms with Gasteiger partial charge in [-0.3, -0.25) is 9.69 Å². The molecule has 7 heteroatoms. The lowest BCUT2D eigenvalue weighted by atomic mass is 10.0. The lowest BCUT2D eigenvalue weighted by molar-refractivity contribution is -0.117. The Labute approximate surface area is 134 Å². The fraction of sp³-hybridized carbons (Fsp3) is 0.500. The number of carbonyl (C=O) groups excluding carboxylic acids is 1. The van der Waals surface area contributed by atoms with E-state index in [-0.39, 0.29) is 24.5 Å². The molecule has 4 N–H and O–H groups in total. The molecule has 5 nitrogen and oxygen atoms in total. The van der Waals surface area contributed by atoms with Crippen molar-refractivity contribution in [1.29, 1.82) is 0 Å². The summed E-state index contributed by atoms with van der Waals surface area (Å²) in [4.78, 5) is 14.1. The number of hydrogen-bond donors (Lipinski definition) is 3. The molecule has 1 aliphatic heterocycles. The zero-order valence-electron chi connectivity index (χ0n) is 11.8. The Morgan fingerprint density at radius 3 is 2.67 bits per heavy atom. The van der Waals surface area contributed by atoms with Crippen molar-refractivity contribution in [3.63, 3.8) is 0 Å². The van der Waals surface area contributed by atoms with Crippen LogP contribution in [0.4, 0.5) is 11.4 Å². The topological polar surface area (TPSA) is 78.6 Å². The molecule has 116 valence electrons. The van der Waals surface area contributed by atoms with Gasteiger partial charge >= 0.3 is 0 Å². The van der Waals surface area contributed by atoms with E-state index in [0.29, 0.717) is 28.0 Å². The number of nitrogens with two attached hydrogens (primary N) is 1. The van der Waals surface area contributed by atoms with E-state index < -0.39 is 0 Å². The van der Waals surface area contributed by atoms with Crippen LogP contribution in [0.3, 0.4) is 0 Å². The summed E-state index contributed by atoms with van der Waals surface area (Å²) in [5.41, 5.74) is 6.45. The van der Waals surface area contributed by atoms with Gasteiger partial charge < -0.3 is 16.2 Å². The highest BCUT2D eigenvalue weighted by atomic mass is 35.5. The number of hydrogen-bond acceptors (Lipinski definition) is 4. The molecule has 2 rings (SSSR count).